The van der Waals surface area contributed by atoms with Gasteiger partial charge in [-0.05, 0) is 49.6 Å². The minimum absolute atomic E-state index is 0.0157. The number of hydrogen-bond acceptors (Lipinski definition) is 4. The molecule has 5 nitrogen and oxygen atoms in total. The van der Waals surface area contributed by atoms with E-state index in [1.807, 2.05) is 29.2 Å². The van der Waals surface area contributed by atoms with Gasteiger partial charge in [-0.15, -0.1) is 0 Å². The fraction of sp³-hybridized carbons (Fsp3) is 0.381. The van der Waals surface area contributed by atoms with Gasteiger partial charge in [0.05, 0.1) is 25.3 Å². The molecule has 1 amide bonds. The van der Waals surface area contributed by atoms with Crippen LogP contribution in [0.3, 0.4) is 0 Å². The summed E-state index contributed by atoms with van der Waals surface area (Å²) in [4.78, 5) is 15.3. The van der Waals surface area contributed by atoms with E-state index in [0.717, 1.165) is 25.8 Å². The molecule has 1 atom stereocenters. The van der Waals surface area contributed by atoms with Gasteiger partial charge in [-0.3, -0.25) is 4.79 Å². The van der Waals surface area contributed by atoms with E-state index in [4.69, 9.17) is 15.2 Å². The van der Waals surface area contributed by atoms with E-state index >= 15 is 0 Å². The highest BCUT2D eigenvalue weighted by Crippen LogP contribution is 2.35. The van der Waals surface area contributed by atoms with Crippen LogP contribution in [0.1, 0.15) is 41.2 Å². The molecule has 0 aliphatic carbocycles. The average Bonchev–Trinajstić information content (AvgIpc) is 3.18. The summed E-state index contributed by atoms with van der Waals surface area (Å²) < 4.78 is 11.1. The monoisotopic (exact) mass is 354 g/mol. The Morgan fingerprint density at radius 1 is 1.23 bits per heavy atom. The SMILES string of the molecule is COc1ccc(OCCCN)c(C(=O)N2CCC[C@@H]2c2ccccc2)c1. The van der Waals surface area contributed by atoms with Gasteiger partial charge in [-0.2, -0.15) is 0 Å². The van der Waals surface area contributed by atoms with Crippen LogP contribution in [-0.2, 0) is 0 Å². The smallest absolute Gasteiger partial charge is 0.258 e. The van der Waals surface area contributed by atoms with E-state index in [2.05, 4.69) is 12.1 Å². The second-order valence-corrected chi connectivity index (χ2v) is 6.42. The van der Waals surface area contributed by atoms with Crippen LogP contribution in [0.4, 0.5) is 0 Å². The van der Waals surface area contributed by atoms with Crippen LogP contribution in [0.25, 0.3) is 0 Å². The van der Waals surface area contributed by atoms with Crippen molar-refractivity contribution in [2.24, 2.45) is 5.73 Å². The number of ether oxygens (including phenoxy) is 2. The molecule has 1 fully saturated rings. The maximum absolute atomic E-state index is 13.3. The Labute approximate surface area is 154 Å². The molecule has 138 valence electrons. The van der Waals surface area contributed by atoms with Crippen LogP contribution in [0.2, 0.25) is 0 Å². The number of amides is 1. The number of rotatable bonds is 7. The fourth-order valence-electron chi connectivity index (χ4n) is 3.38. The lowest BCUT2D eigenvalue weighted by Crippen LogP contribution is -2.31. The van der Waals surface area contributed by atoms with Crippen molar-refractivity contribution in [1.82, 2.24) is 4.90 Å². The number of nitrogens with two attached hydrogens (primary N) is 1. The van der Waals surface area contributed by atoms with Gasteiger partial charge in [0.25, 0.3) is 5.91 Å². The molecule has 2 N–H and O–H groups in total. The van der Waals surface area contributed by atoms with Crippen LogP contribution in [0.15, 0.2) is 48.5 Å². The van der Waals surface area contributed by atoms with Gasteiger partial charge in [0.2, 0.25) is 0 Å². The Balaban J connectivity index is 1.87. The molecular weight excluding hydrogens is 328 g/mol. The zero-order chi connectivity index (χ0) is 18.4. The van der Waals surface area contributed by atoms with E-state index in [1.165, 1.54) is 5.56 Å². The quantitative estimate of drug-likeness (QED) is 0.774. The third-order valence-corrected chi connectivity index (χ3v) is 4.72. The molecule has 0 unspecified atom stereocenters. The molecule has 26 heavy (non-hydrogen) atoms. The lowest BCUT2D eigenvalue weighted by molar-refractivity contribution is 0.0730. The Bertz CT molecular complexity index is 733. The third-order valence-electron chi connectivity index (χ3n) is 4.72. The first-order valence-corrected chi connectivity index (χ1v) is 9.11. The third kappa shape index (κ3) is 3.99. The van der Waals surface area contributed by atoms with Crippen molar-refractivity contribution in [2.45, 2.75) is 25.3 Å². The summed E-state index contributed by atoms with van der Waals surface area (Å²) in [6.45, 7) is 1.80. The summed E-state index contributed by atoms with van der Waals surface area (Å²) in [5, 5.41) is 0. The highest BCUT2D eigenvalue weighted by molar-refractivity contribution is 5.97. The van der Waals surface area contributed by atoms with Crippen molar-refractivity contribution in [3.63, 3.8) is 0 Å². The predicted molar refractivity (Wildman–Crippen MR) is 102 cm³/mol. The Hall–Kier alpha value is -2.53. The summed E-state index contributed by atoms with van der Waals surface area (Å²) in [7, 11) is 1.60. The van der Waals surface area contributed by atoms with E-state index < -0.39 is 0 Å². The van der Waals surface area contributed by atoms with Crippen molar-refractivity contribution < 1.29 is 14.3 Å². The number of likely N-dealkylation sites (tertiary alicyclic amines) is 1. The molecule has 2 aromatic carbocycles. The predicted octanol–water partition coefficient (Wildman–Crippen LogP) is 3.40. The number of methoxy groups -OCH3 is 1. The molecule has 3 rings (SSSR count). The van der Waals surface area contributed by atoms with Gasteiger partial charge >= 0.3 is 0 Å². The van der Waals surface area contributed by atoms with Gasteiger partial charge in [-0.25, -0.2) is 0 Å². The van der Waals surface area contributed by atoms with E-state index in [-0.39, 0.29) is 11.9 Å². The Morgan fingerprint density at radius 3 is 2.77 bits per heavy atom. The summed E-state index contributed by atoms with van der Waals surface area (Å²) in [5.41, 5.74) is 7.26. The van der Waals surface area contributed by atoms with Crippen molar-refractivity contribution in [3.05, 3.63) is 59.7 Å². The van der Waals surface area contributed by atoms with Crippen molar-refractivity contribution in [3.8, 4) is 11.5 Å². The summed E-state index contributed by atoms with van der Waals surface area (Å²) in [5.74, 6) is 1.22. The highest BCUT2D eigenvalue weighted by Gasteiger charge is 2.32. The molecule has 0 aromatic heterocycles. The van der Waals surface area contributed by atoms with Crippen LogP contribution in [0.5, 0.6) is 11.5 Å². The number of nitrogens with zero attached hydrogens (tertiary/aromatic N) is 1. The average molecular weight is 354 g/mol. The maximum atomic E-state index is 13.3. The van der Waals surface area contributed by atoms with Crippen LogP contribution in [-0.4, -0.2) is 37.6 Å². The van der Waals surface area contributed by atoms with Crippen molar-refractivity contribution in [2.75, 3.05) is 26.8 Å². The van der Waals surface area contributed by atoms with Crippen molar-refractivity contribution in [1.29, 1.82) is 0 Å². The van der Waals surface area contributed by atoms with Gasteiger partial charge in [0.1, 0.15) is 11.5 Å². The zero-order valence-electron chi connectivity index (χ0n) is 15.2. The van der Waals surface area contributed by atoms with Crippen LogP contribution < -0.4 is 15.2 Å². The van der Waals surface area contributed by atoms with Crippen molar-refractivity contribution >= 4 is 5.91 Å². The lowest BCUT2D eigenvalue weighted by Gasteiger charge is -2.26. The molecule has 0 spiro atoms. The topological polar surface area (TPSA) is 64.8 Å². The maximum Gasteiger partial charge on any atom is 0.258 e. The Kier molecular flexibility index (Phi) is 6.12. The number of benzene rings is 2. The number of carbonyl (C=O) groups is 1. The van der Waals surface area contributed by atoms with E-state index in [0.29, 0.717) is 30.2 Å². The standard InChI is InChI=1S/C21H26N2O3/c1-25-17-10-11-20(26-14-6-12-22)18(15-17)21(24)23-13-5-9-19(23)16-7-3-2-4-8-16/h2-4,7-8,10-11,15,19H,5-6,9,12-14,22H2,1H3/t19-/m1/s1. The molecular formula is C21H26N2O3. The largest absolute Gasteiger partial charge is 0.497 e. The van der Waals surface area contributed by atoms with Gasteiger partial charge in [-0.1, -0.05) is 30.3 Å². The second kappa shape index (κ2) is 8.72. The lowest BCUT2D eigenvalue weighted by atomic mass is 10.0. The first-order valence-electron chi connectivity index (χ1n) is 9.11. The van der Waals surface area contributed by atoms with Crippen LogP contribution in [0, 0.1) is 0 Å². The first-order chi connectivity index (χ1) is 12.7. The summed E-state index contributed by atoms with van der Waals surface area (Å²) in [6.07, 6.45) is 2.72. The fourth-order valence-corrected chi connectivity index (χ4v) is 3.38. The molecule has 2 aromatic rings. The first kappa shape index (κ1) is 18.3. The van der Waals surface area contributed by atoms with E-state index in [1.54, 1.807) is 19.2 Å². The van der Waals surface area contributed by atoms with Gasteiger partial charge in [0.15, 0.2) is 0 Å². The molecule has 1 aliphatic heterocycles. The minimum atomic E-state index is -0.0157. The number of carbonyl (C=O) groups excluding carboxylic acids is 1. The normalized spacial score (nSPS) is 16.5. The second-order valence-electron chi connectivity index (χ2n) is 6.42. The molecule has 0 radical (unpaired) electrons. The van der Waals surface area contributed by atoms with Crippen LogP contribution >= 0.6 is 0 Å². The molecule has 1 saturated heterocycles. The summed E-state index contributed by atoms with van der Waals surface area (Å²) >= 11 is 0. The molecule has 0 saturated carbocycles. The molecule has 0 bridgehead atoms. The van der Waals surface area contributed by atoms with Gasteiger partial charge < -0.3 is 20.1 Å². The minimum Gasteiger partial charge on any atom is -0.497 e. The molecule has 1 heterocycles. The van der Waals surface area contributed by atoms with Gasteiger partial charge in [0, 0.05) is 6.54 Å². The highest BCUT2D eigenvalue weighted by atomic mass is 16.5. The zero-order valence-corrected chi connectivity index (χ0v) is 15.2. The summed E-state index contributed by atoms with van der Waals surface area (Å²) in [6, 6.07) is 15.7. The molecule has 5 heteroatoms. The number of hydrogen-bond donors (Lipinski definition) is 1. The van der Waals surface area contributed by atoms with E-state index in [9.17, 15) is 4.79 Å². The molecule has 1 aliphatic rings. The Morgan fingerprint density at radius 2 is 2.04 bits per heavy atom.